The minimum atomic E-state index is 0.0898. The molecule has 1 rings (SSSR count). The zero-order valence-electron chi connectivity index (χ0n) is 10.7. The summed E-state index contributed by atoms with van der Waals surface area (Å²) in [6, 6.07) is 5.75. The quantitative estimate of drug-likeness (QED) is 0.825. The van der Waals surface area contributed by atoms with Crippen LogP contribution >= 0.6 is 0 Å². The molecule has 0 saturated carbocycles. The van der Waals surface area contributed by atoms with Gasteiger partial charge in [0.05, 0.1) is 20.3 Å². The molecular formula is C14H20O3. The van der Waals surface area contributed by atoms with Gasteiger partial charge in [-0.3, -0.25) is 0 Å². The van der Waals surface area contributed by atoms with Crippen LogP contribution in [0.25, 0.3) is 6.08 Å². The lowest BCUT2D eigenvalue weighted by Gasteiger charge is -2.10. The number of hydrogen-bond acceptors (Lipinski definition) is 3. The first-order valence-electron chi connectivity index (χ1n) is 5.86. The molecule has 0 radical (unpaired) electrons. The van der Waals surface area contributed by atoms with E-state index in [1.165, 1.54) is 0 Å². The number of aliphatic hydroxyl groups is 1. The van der Waals surface area contributed by atoms with Gasteiger partial charge in [0.2, 0.25) is 0 Å². The first-order chi connectivity index (χ1) is 8.24. The molecule has 0 heterocycles. The molecule has 0 saturated heterocycles. The van der Waals surface area contributed by atoms with E-state index in [1.807, 2.05) is 38.1 Å². The summed E-state index contributed by atoms with van der Waals surface area (Å²) in [5, 5.41) is 9.14. The van der Waals surface area contributed by atoms with Crippen molar-refractivity contribution >= 4 is 6.08 Å². The molecule has 3 heteroatoms. The molecule has 0 aliphatic carbocycles. The third-order valence-corrected chi connectivity index (χ3v) is 2.52. The van der Waals surface area contributed by atoms with Gasteiger partial charge in [0.15, 0.2) is 11.5 Å². The summed E-state index contributed by atoms with van der Waals surface area (Å²) in [4.78, 5) is 0. The van der Waals surface area contributed by atoms with Crippen molar-refractivity contribution in [2.45, 2.75) is 20.3 Å². The maximum absolute atomic E-state index is 9.14. The topological polar surface area (TPSA) is 38.7 Å². The molecule has 0 spiro atoms. The molecule has 3 nitrogen and oxygen atoms in total. The summed E-state index contributed by atoms with van der Waals surface area (Å²) in [6.45, 7) is 4.65. The molecule has 0 amide bonds. The fraction of sp³-hybridized carbons (Fsp3) is 0.429. The van der Waals surface area contributed by atoms with Gasteiger partial charge in [-0.15, -0.1) is 0 Å². The fourth-order valence-corrected chi connectivity index (χ4v) is 1.55. The number of rotatable bonds is 6. The average Bonchev–Trinajstić information content (AvgIpc) is 2.36. The van der Waals surface area contributed by atoms with Gasteiger partial charge in [0.1, 0.15) is 0 Å². The molecule has 1 aromatic rings. The van der Waals surface area contributed by atoms with Crippen LogP contribution in [0.4, 0.5) is 0 Å². The van der Waals surface area contributed by atoms with Crippen LogP contribution in [-0.2, 0) is 0 Å². The Morgan fingerprint density at radius 1 is 1.29 bits per heavy atom. The standard InChI is InChI=1S/C14H20O3/c1-4-11(10-15)8-12-6-7-13(16-3)14(9-12)17-5-2/h6-9,15H,4-5,10H2,1-3H3. The minimum absolute atomic E-state index is 0.0898. The highest BCUT2D eigenvalue weighted by Gasteiger charge is 2.04. The molecule has 0 unspecified atom stereocenters. The van der Waals surface area contributed by atoms with Gasteiger partial charge in [-0.05, 0) is 36.6 Å². The lowest BCUT2D eigenvalue weighted by atomic mass is 10.1. The number of hydrogen-bond donors (Lipinski definition) is 1. The highest BCUT2D eigenvalue weighted by Crippen LogP contribution is 2.29. The van der Waals surface area contributed by atoms with E-state index in [0.717, 1.165) is 29.1 Å². The molecule has 0 aliphatic rings. The van der Waals surface area contributed by atoms with E-state index in [0.29, 0.717) is 6.61 Å². The third-order valence-electron chi connectivity index (χ3n) is 2.52. The van der Waals surface area contributed by atoms with Crippen LogP contribution in [0.3, 0.4) is 0 Å². The van der Waals surface area contributed by atoms with Crippen LogP contribution in [0.1, 0.15) is 25.8 Å². The second kappa shape index (κ2) is 6.97. The zero-order valence-corrected chi connectivity index (χ0v) is 10.7. The van der Waals surface area contributed by atoms with E-state index >= 15 is 0 Å². The van der Waals surface area contributed by atoms with Gasteiger partial charge in [-0.2, -0.15) is 0 Å². The molecule has 1 N–H and O–H groups in total. The molecule has 94 valence electrons. The monoisotopic (exact) mass is 236 g/mol. The van der Waals surface area contributed by atoms with Crippen molar-refractivity contribution < 1.29 is 14.6 Å². The molecule has 0 atom stereocenters. The summed E-state index contributed by atoms with van der Waals surface area (Å²) < 4.78 is 10.7. The zero-order chi connectivity index (χ0) is 12.7. The van der Waals surface area contributed by atoms with Crippen molar-refractivity contribution in [1.82, 2.24) is 0 Å². The normalized spacial score (nSPS) is 11.4. The Labute approximate surface area is 103 Å². The van der Waals surface area contributed by atoms with Crippen LogP contribution < -0.4 is 9.47 Å². The van der Waals surface area contributed by atoms with Crippen molar-refractivity contribution in [3.63, 3.8) is 0 Å². The van der Waals surface area contributed by atoms with Crippen molar-refractivity contribution in [3.05, 3.63) is 29.3 Å². The van der Waals surface area contributed by atoms with E-state index in [9.17, 15) is 0 Å². The van der Waals surface area contributed by atoms with Gasteiger partial charge >= 0.3 is 0 Å². The van der Waals surface area contributed by atoms with Gasteiger partial charge in [0.25, 0.3) is 0 Å². The lowest BCUT2D eigenvalue weighted by Crippen LogP contribution is -1.96. The van der Waals surface area contributed by atoms with Gasteiger partial charge in [0, 0.05) is 0 Å². The Bertz CT molecular complexity index is 377. The Morgan fingerprint density at radius 2 is 2.06 bits per heavy atom. The number of methoxy groups -OCH3 is 1. The smallest absolute Gasteiger partial charge is 0.161 e. The van der Waals surface area contributed by atoms with E-state index in [-0.39, 0.29) is 6.61 Å². The van der Waals surface area contributed by atoms with Crippen LogP contribution in [0.2, 0.25) is 0 Å². The van der Waals surface area contributed by atoms with Gasteiger partial charge in [-0.25, -0.2) is 0 Å². The predicted octanol–water partition coefficient (Wildman–Crippen LogP) is 2.88. The van der Waals surface area contributed by atoms with Crippen LogP contribution in [0.15, 0.2) is 23.8 Å². The molecule has 0 aromatic heterocycles. The third kappa shape index (κ3) is 3.79. The van der Waals surface area contributed by atoms with E-state index in [2.05, 4.69) is 0 Å². The van der Waals surface area contributed by atoms with E-state index in [4.69, 9.17) is 14.6 Å². The summed E-state index contributed by atoms with van der Waals surface area (Å²) in [5.74, 6) is 1.46. The summed E-state index contributed by atoms with van der Waals surface area (Å²) in [6.07, 6.45) is 2.81. The van der Waals surface area contributed by atoms with E-state index < -0.39 is 0 Å². The summed E-state index contributed by atoms with van der Waals surface area (Å²) in [7, 11) is 1.62. The van der Waals surface area contributed by atoms with Gasteiger partial charge in [-0.1, -0.05) is 19.1 Å². The highest BCUT2D eigenvalue weighted by molar-refractivity contribution is 5.58. The largest absolute Gasteiger partial charge is 0.493 e. The van der Waals surface area contributed by atoms with Gasteiger partial charge < -0.3 is 14.6 Å². The minimum Gasteiger partial charge on any atom is -0.493 e. The number of aliphatic hydroxyl groups excluding tert-OH is 1. The van der Waals surface area contributed by atoms with Crippen LogP contribution in [-0.4, -0.2) is 25.4 Å². The average molecular weight is 236 g/mol. The Morgan fingerprint density at radius 3 is 2.59 bits per heavy atom. The molecular weight excluding hydrogens is 216 g/mol. The predicted molar refractivity (Wildman–Crippen MR) is 69.5 cm³/mol. The van der Waals surface area contributed by atoms with Crippen LogP contribution in [0.5, 0.6) is 11.5 Å². The Balaban J connectivity index is 3.02. The first-order valence-corrected chi connectivity index (χ1v) is 5.86. The van der Waals surface area contributed by atoms with Crippen LogP contribution in [0, 0.1) is 0 Å². The second-order valence-electron chi connectivity index (χ2n) is 3.66. The summed E-state index contributed by atoms with van der Waals surface area (Å²) >= 11 is 0. The van der Waals surface area contributed by atoms with Crippen molar-refractivity contribution in [3.8, 4) is 11.5 Å². The maximum atomic E-state index is 9.14. The summed E-state index contributed by atoms with van der Waals surface area (Å²) in [5.41, 5.74) is 2.01. The fourth-order valence-electron chi connectivity index (χ4n) is 1.55. The molecule has 0 bridgehead atoms. The van der Waals surface area contributed by atoms with E-state index in [1.54, 1.807) is 7.11 Å². The second-order valence-corrected chi connectivity index (χ2v) is 3.66. The molecule has 1 aromatic carbocycles. The molecule has 17 heavy (non-hydrogen) atoms. The van der Waals surface area contributed by atoms with Crippen molar-refractivity contribution in [2.24, 2.45) is 0 Å². The number of benzene rings is 1. The molecule has 0 aliphatic heterocycles. The maximum Gasteiger partial charge on any atom is 0.161 e. The SMILES string of the molecule is CCOc1cc(C=C(CC)CO)ccc1OC. The lowest BCUT2D eigenvalue weighted by molar-refractivity contribution is 0.311. The Hall–Kier alpha value is -1.48. The Kier molecular flexibility index (Phi) is 5.57. The number of ether oxygens (including phenoxy) is 2. The molecule has 0 fully saturated rings. The first kappa shape index (κ1) is 13.6. The highest BCUT2D eigenvalue weighted by atomic mass is 16.5. The van der Waals surface area contributed by atoms with Crippen molar-refractivity contribution in [1.29, 1.82) is 0 Å². The van der Waals surface area contributed by atoms with Crippen molar-refractivity contribution in [2.75, 3.05) is 20.3 Å².